The molecule has 0 bridgehead atoms. The lowest BCUT2D eigenvalue weighted by Crippen LogP contribution is -2.42. The molecule has 4 nitrogen and oxygen atoms in total. The van der Waals surface area contributed by atoms with Crippen LogP contribution in [0.5, 0.6) is 0 Å². The van der Waals surface area contributed by atoms with Gasteiger partial charge in [0.05, 0.1) is 12.3 Å². The molecule has 1 heterocycles. The number of aliphatic hydroxyl groups is 1. The van der Waals surface area contributed by atoms with Crippen molar-refractivity contribution in [3.05, 3.63) is 41.7 Å². The summed E-state index contributed by atoms with van der Waals surface area (Å²) in [5, 5.41) is 13.6. The van der Waals surface area contributed by atoms with Gasteiger partial charge in [0, 0.05) is 18.1 Å². The molecule has 0 spiro atoms. The lowest BCUT2D eigenvalue weighted by Gasteiger charge is -2.39. The molecule has 1 saturated carbocycles. The van der Waals surface area contributed by atoms with Crippen LogP contribution in [0.3, 0.4) is 0 Å². The summed E-state index contributed by atoms with van der Waals surface area (Å²) in [6, 6.07) is 6.02. The fraction of sp³-hybridized carbons (Fsp3) is 0.500. The van der Waals surface area contributed by atoms with Crippen molar-refractivity contribution in [1.29, 1.82) is 0 Å². The predicted molar refractivity (Wildman–Crippen MR) is 86.3 cm³/mol. The molecule has 1 N–H and O–H groups in total. The average molecular weight is 339 g/mol. The number of rotatable bonds is 6. The maximum absolute atomic E-state index is 14.0. The number of aromatic nitrogens is 3. The fourth-order valence-electron chi connectivity index (χ4n) is 2.84. The molecule has 1 aliphatic rings. The van der Waals surface area contributed by atoms with E-state index >= 15 is 0 Å². The van der Waals surface area contributed by atoms with Gasteiger partial charge in [0.15, 0.2) is 5.82 Å². The van der Waals surface area contributed by atoms with E-state index < -0.39 is 12.3 Å². The number of thioether (sulfide) groups is 1. The zero-order valence-electron chi connectivity index (χ0n) is 12.9. The van der Waals surface area contributed by atoms with Crippen LogP contribution in [0.1, 0.15) is 30.4 Å². The molecule has 1 fully saturated rings. The van der Waals surface area contributed by atoms with Crippen molar-refractivity contribution in [2.45, 2.75) is 30.8 Å². The van der Waals surface area contributed by atoms with Crippen LogP contribution in [-0.4, -0.2) is 44.2 Å². The van der Waals surface area contributed by atoms with Crippen LogP contribution in [0.4, 0.5) is 8.78 Å². The van der Waals surface area contributed by atoms with Crippen LogP contribution in [0, 0.1) is 5.82 Å². The third kappa shape index (κ3) is 3.40. The minimum Gasteiger partial charge on any atom is -0.393 e. The van der Waals surface area contributed by atoms with Crippen molar-refractivity contribution in [3.8, 4) is 5.69 Å². The molecule has 3 rings (SSSR count). The van der Waals surface area contributed by atoms with E-state index in [-0.39, 0.29) is 24.6 Å². The second-order valence-corrected chi connectivity index (χ2v) is 6.92. The Labute approximate surface area is 137 Å². The largest absolute Gasteiger partial charge is 0.393 e. The van der Waals surface area contributed by atoms with Crippen molar-refractivity contribution in [2.75, 3.05) is 18.6 Å². The Kier molecular flexibility index (Phi) is 4.68. The number of alkyl halides is 1. The molecule has 0 saturated heterocycles. The Morgan fingerprint density at radius 1 is 1.35 bits per heavy atom. The van der Waals surface area contributed by atoms with Crippen LogP contribution in [-0.2, 0) is 6.42 Å². The molecule has 124 valence electrons. The zero-order chi connectivity index (χ0) is 16.4. The molecule has 0 amide bonds. The highest BCUT2D eigenvalue weighted by molar-refractivity contribution is 7.98. The summed E-state index contributed by atoms with van der Waals surface area (Å²) in [7, 11) is 0. The molecule has 1 aromatic heterocycles. The van der Waals surface area contributed by atoms with Gasteiger partial charge >= 0.3 is 0 Å². The molecule has 2 aromatic rings. The van der Waals surface area contributed by atoms with Gasteiger partial charge in [-0.3, -0.25) is 0 Å². The number of hydrogen-bond donors (Lipinski definition) is 1. The Morgan fingerprint density at radius 3 is 2.65 bits per heavy atom. The van der Waals surface area contributed by atoms with Crippen LogP contribution in [0.25, 0.3) is 5.69 Å². The molecule has 0 aliphatic heterocycles. The van der Waals surface area contributed by atoms with Crippen LogP contribution in [0.15, 0.2) is 24.3 Å². The van der Waals surface area contributed by atoms with Crippen molar-refractivity contribution in [1.82, 2.24) is 14.8 Å². The lowest BCUT2D eigenvalue weighted by atomic mass is 9.72. The minimum atomic E-state index is -1.51. The van der Waals surface area contributed by atoms with Crippen molar-refractivity contribution in [3.63, 3.8) is 0 Å². The van der Waals surface area contributed by atoms with Gasteiger partial charge in [-0.05, 0) is 43.4 Å². The van der Waals surface area contributed by atoms with E-state index in [1.165, 1.54) is 12.1 Å². The molecule has 7 heteroatoms. The lowest BCUT2D eigenvalue weighted by molar-refractivity contribution is -0.0163. The number of aryl methyl sites for hydroxylation is 1. The first kappa shape index (κ1) is 16.4. The van der Waals surface area contributed by atoms with E-state index in [0.29, 0.717) is 17.3 Å². The number of halogens is 2. The molecule has 1 aliphatic carbocycles. The number of benzene rings is 1. The van der Waals surface area contributed by atoms with Gasteiger partial charge < -0.3 is 5.11 Å². The van der Waals surface area contributed by atoms with Crippen molar-refractivity contribution >= 4 is 11.8 Å². The second-order valence-electron chi connectivity index (χ2n) is 5.93. The zero-order valence-corrected chi connectivity index (χ0v) is 13.7. The Morgan fingerprint density at radius 2 is 2.04 bits per heavy atom. The van der Waals surface area contributed by atoms with Gasteiger partial charge in [-0.1, -0.05) is 0 Å². The topological polar surface area (TPSA) is 50.9 Å². The summed E-state index contributed by atoms with van der Waals surface area (Å²) in [5.41, 5.74) is -0.798. The quantitative estimate of drug-likeness (QED) is 0.879. The molecule has 0 radical (unpaired) electrons. The first-order valence-corrected chi connectivity index (χ1v) is 8.94. The highest BCUT2D eigenvalue weighted by Gasteiger charge is 2.47. The highest BCUT2D eigenvalue weighted by atomic mass is 32.2. The number of aliphatic hydroxyl groups excluding tert-OH is 1. The van der Waals surface area contributed by atoms with Crippen LogP contribution in [0.2, 0.25) is 0 Å². The molecule has 1 aromatic carbocycles. The standard InChI is InChI=1S/C16H19F2N3OS/c1-23-7-6-14-19-15(11-8-16(18,9-11)10-22)21(20-14)13-4-2-12(17)3-5-13/h2-5,11,22H,6-10H2,1H3. The first-order chi connectivity index (χ1) is 11.0. The van der Waals surface area contributed by atoms with Crippen molar-refractivity contribution < 1.29 is 13.9 Å². The Hall–Kier alpha value is -1.47. The summed E-state index contributed by atoms with van der Waals surface area (Å²) < 4.78 is 28.8. The van der Waals surface area contributed by atoms with E-state index in [1.807, 2.05) is 6.26 Å². The number of nitrogens with zero attached hydrogens (tertiary/aromatic N) is 3. The fourth-order valence-corrected chi connectivity index (χ4v) is 3.23. The van der Waals surface area contributed by atoms with E-state index in [4.69, 9.17) is 5.11 Å². The monoisotopic (exact) mass is 339 g/mol. The molecule has 23 heavy (non-hydrogen) atoms. The summed E-state index contributed by atoms with van der Waals surface area (Å²) in [4.78, 5) is 4.56. The van der Waals surface area contributed by atoms with Gasteiger partial charge in [-0.15, -0.1) is 0 Å². The minimum absolute atomic E-state index is 0.0762. The molecule has 0 unspecified atom stereocenters. The van der Waals surface area contributed by atoms with Crippen LogP contribution >= 0.6 is 11.8 Å². The molecular weight excluding hydrogens is 320 g/mol. The number of hydrogen-bond acceptors (Lipinski definition) is 4. The van der Waals surface area contributed by atoms with E-state index in [2.05, 4.69) is 10.1 Å². The van der Waals surface area contributed by atoms with Gasteiger partial charge in [-0.25, -0.2) is 18.4 Å². The maximum Gasteiger partial charge on any atom is 0.152 e. The predicted octanol–water partition coefficient (Wildman–Crippen LogP) is 2.89. The third-order valence-corrected chi connectivity index (χ3v) is 4.76. The molecule has 0 atom stereocenters. The van der Waals surface area contributed by atoms with Gasteiger partial charge in [0.2, 0.25) is 0 Å². The van der Waals surface area contributed by atoms with E-state index in [9.17, 15) is 8.78 Å². The third-order valence-electron chi connectivity index (χ3n) is 4.15. The summed E-state index contributed by atoms with van der Waals surface area (Å²) >= 11 is 1.71. The van der Waals surface area contributed by atoms with Gasteiger partial charge in [0.1, 0.15) is 17.3 Å². The van der Waals surface area contributed by atoms with E-state index in [1.54, 1.807) is 28.6 Å². The van der Waals surface area contributed by atoms with E-state index in [0.717, 1.165) is 12.2 Å². The highest BCUT2D eigenvalue weighted by Crippen LogP contribution is 2.46. The van der Waals surface area contributed by atoms with Gasteiger partial charge in [0.25, 0.3) is 0 Å². The normalized spacial score (nSPS) is 23.7. The Bertz CT molecular complexity index is 668. The molecular formula is C16H19F2N3OS. The van der Waals surface area contributed by atoms with Gasteiger partial charge in [-0.2, -0.15) is 16.9 Å². The van der Waals surface area contributed by atoms with Crippen molar-refractivity contribution in [2.24, 2.45) is 0 Å². The smallest absolute Gasteiger partial charge is 0.152 e. The summed E-state index contributed by atoms with van der Waals surface area (Å²) in [5.74, 6) is 1.91. The SMILES string of the molecule is CSCCc1nc(C2CC(F)(CO)C2)n(-c2ccc(F)cc2)n1. The summed E-state index contributed by atoms with van der Waals surface area (Å²) in [6.45, 7) is -0.465. The summed E-state index contributed by atoms with van der Waals surface area (Å²) in [6.07, 6.45) is 3.23. The first-order valence-electron chi connectivity index (χ1n) is 7.55. The average Bonchev–Trinajstić information content (AvgIpc) is 2.94. The van der Waals surface area contributed by atoms with Crippen LogP contribution < -0.4 is 0 Å². The second kappa shape index (κ2) is 6.57. The Balaban J connectivity index is 1.90. The maximum atomic E-state index is 14.0.